The number of nitrogens with zero attached hydrogens (tertiary/aromatic N) is 1. The van der Waals surface area contributed by atoms with Crippen molar-refractivity contribution in [1.82, 2.24) is 15.2 Å². The quantitative estimate of drug-likeness (QED) is 0.850. The largest absolute Gasteiger partial charge is 0.350 e. The number of rotatable bonds is 1. The Labute approximate surface area is 130 Å². The molecule has 0 bridgehead atoms. The molecule has 1 aromatic heterocycles. The Morgan fingerprint density at radius 2 is 2.05 bits per heavy atom. The Bertz CT molecular complexity index is 761. The maximum absolute atomic E-state index is 13.0. The molecule has 0 spiro atoms. The number of nitrogens with one attached hydrogen (secondary N) is 2. The lowest BCUT2D eigenvalue weighted by Gasteiger charge is -2.23. The highest BCUT2D eigenvalue weighted by molar-refractivity contribution is 6.02. The van der Waals surface area contributed by atoms with Gasteiger partial charge < -0.3 is 15.2 Å². The standard InChI is InChI=1S/C18H23N3O/c1-10-6-11(2)16-14(7-10)12(3)17(20-16)18(22)21-5-4-13-8-19-9-15(13)21/h6-7,13,15,19-20H,4-5,8-9H2,1-3H3/t13-,15+/m1/s1. The molecular formula is C18H23N3O. The minimum absolute atomic E-state index is 0.168. The molecule has 2 saturated heterocycles. The molecule has 2 atom stereocenters. The second-order valence-electron chi connectivity index (χ2n) is 6.90. The molecule has 2 aliphatic rings. The molecule has 0 saturated carbocycles. The Balaban J connectivity index is 1.76. The molecule has 2 aliphatic heterocycles. The van der Waals surface area contributed by atoms with Gasteiger partial charge in [0.15, 0.2) is 0 Å². The van der Waals surface area contributed by atoms with Crippen LogP contribution in [-0.4, -0.2) is 41.5 Å². The number of benzene rings is 1. The fourth-order valence-electron chi connectivity index (χ4n) is 4.24. The van der Waals surface area contributed by atoms with Crippen LogP contribution in [0.3, 0.4) is 0 Å². The van der Waals surface area contributed by atoms with Gasteiger partial charge in [0.2, 0.25) is 0 Å². The lowest BCUT2D eigenvalue weighted by Crippen LogP contribution is -2.39. The number of carbonyl (C=O) groups excluding carboxylic acids is 1. The summed E-state index contributed by atoms with van der Waals surface area (Å²) in [5.41, 5.74) is 5.41. The van der Waals surface area contributed by atoms with E-state index in [1.54, 1.807) is 0 Å². The summed E-state index contributed by atoms with van der Waals surface area (Å²) in [5.74, 6) is 0.805. The van der Waals surface area contributed by atoms with Gasteiger partial charge in [-0.2, -0.15) is 0 Å². The fourth-order valence-corrected chi connectivity index (χ4v) is 4.24. The van der Waals surface area contributed by atoms with E-state index in [1.807, 2.05) is 0 Å². The van der Waals surface area contributed by atoms with Gasteiger partial charge in [-0.1, -0.05) is 11.6 Å². The second-order valence-corrected chi connectivity index (χ2v) is 6.90. The van der Waals surface area contributed by atoms with Gasteiger partial charge in [0.05, 0.1) is 0 Å². The third kappa shape index (κ3) is 1.90. The van der Waals surface area contributed by atoms with Crippen molar-refractivity contribution in [3.05, 3.63) is 34.5 Å². The van der Waals surface area contributed by atoms with Gasteiger partial charge in [-0.15, -0.1) is 0 Å². The molecule has 1 amide bonds. The molecule has 4 heteroatoms. The lowest BCUT2D eigenvalue weighted by atomic mass is 10.0. The number of aryl methyl sites for hydroxylation is 3. The lowest BCUT2D eigenvalue weighted by molar-refractivity contribution is 0.0731. The van der Waals surface area contributed by atoms with E-state index in [-0.39, 0.29) is 5.91 Å². The zero-order valence-corrected chi connectivity index (χ0v) is 13.5. The van der Waals surface area contributed by atoms with E-state index in [1.165, 1.54) is 16.5 Å². The molecule has 4 nitrogen and oxygen atoms in total. The zero-order valence-electron chi connectivity index (χ0n) is 13.5. The number of fused-ring (bicyclic) bond motifs is 2. The van der Waals surface area contributed by atoms with E-state index in [0.29, 0.717) is 12.0 Å². The SMILES string of the molecule is Cc1cc(C)c2[nH]c(C(=O)N3CC[C@@H]4CNC[C@@H]43)c(C)c2c1. The number of carbonyl (C=O) groups is 1. The zero-order chi connectivity index (χ0) is 15.4. The molecule has 0 unspecified atom stereocenters. The number of hydrogen-bond donors (Lipinski definition) is 2. The van der Waals surface area contributed by atoms with Gasteiger partial charge in [0.25, 0.3) is 5.91 Å². The predicted molar refractivity (Wildman–Crippen MR) is 88.3 cm³/mol. The average Bonchev–Trinajstić information content (AvgIpc) is 3.13. The summed E-state index contributed by atoms with van der Waals surface area (Å²) in [6.45, 7) is 9.16. The molecule has 3 heterocycles. The summed E-state index contributed by atoms with van der Waals surface area (Å²) in [5, 5.41) is 4.60. The van der Waals surface area contributed by atoms with Crippen molar-refractivity contribution in [2.45, 2.75) is 33.2 Å². The molecule has 2 N–H and O–H groups in total. The highest BCUT2D eigenvalue weighted by Crippen LogP contribution is 2.31. The van der Waals surface area contributed by atoms with Crippen LogP contribution < -0.4 is 5.32 Å². The number of likely N-dealkylation sites (tertiary alicyclic amines) is 1. The van der Waals surface area contributed by atoms with Crippen LogP contribution in [0.4, 0.5) is 0 Å². The van der Waals surface area contributed by atoms with Gasteiger partial charge >= 0.3 is 0 Å². The highest BCUT2D eigenvalue weighted by atomic mass is 16.2. The molecule has 4 rings (SSSR count). The molecule has 0 aliphatic carbocycles. The van der Waals surface area contributed by atoms with E-state index in [9.17, 15) is 4.79 Å². The van der Waals surface area contributed by atoms with Gasteiger partial charge in [0, 0.05) is 36.6 Å². The molecular weight excluding hydrogens is 274 g/mol. The monoisotopic (exact) mass is 297 g/mol. The van der Waals surface area contributed by atoms with Crippen LogP contribution in [0.25, 0.3) is 10.9 Å². The molecule has 2 fully saturated rings. The van der Waals surface area contributed by atoms with Crippen molar-refractivity contribution in [3.63, 3.8) is 0 Å². The van der Waals surface area contributed by atoms with Crippen LogP contribution in [0, 0.1) is 26.7 Å². The first-order valence-electron chi connectivity index (χ1n) is 8.17. The van der Waals surface area contributed by atoms with Crippen molar-refractivity contribution in [1.29, 1.82) is 0 Å². The van der Waals surface area contributed by atoms with Crippen LogP contribution in [0.1, 0.15) is 33.6 Å². The Hall–Kier alpha value is -1.81. The van der Waals surface area contributed by atoms with Crippen LogP contribution in [0.15, 0.2) is 12.1 Å². The molecule has 22 heavy (non-hydrogen) atoms. The average molecular weight is 297 g/mol. The highest BCUT2D eigenvalue weighted by Gasteiger charge is 2.40. The number of aromatic nitrogens is 1. The van der Waals surface area contributed by atoms with E-state index in [2.05, 4.69) is 48.1 Å². The summed E-state index contributed by atoms with van der Waals surface area (Å²) in [6, 6.07) is 4.72. The van der Waals surface area contributed by atoms with Gasteiger partial charge in [-0.3, -0.25) is 4.79 Å². The van der Waals surface area contributed by atoms with Gasteiger partial charge in [-0.25, -0.2) is 0 Å². The minimum atomic E-state index is 0.168. The summed E-state index contributed by atoms with van der Waals surface area (Å²) >= 11 is 0. The van der Waals surface area contributed by atoms with E-state index in [4.69, 9.17) is 0 Å². The topological polar surface area (TPSA) is 48.1 Å². The Kier molecular flexibility index (Phi) is 3.05. The number of hydrogen-bond acceptors (Lipinski definition) is 2. The van der Waals surface area contributed by atoms with Crippen LogP contribution >= 0.6 is 0 Å². The fraction of sp³-hybridized carbons (Fsp3) is 0.500. The Morgan fingerprint density at radius 1 is 1.23 bits per heavy atom. The molecule has 116 valence electrons. The van der Waals surface area contributed by atoms with E-state index < -0.39 is 0 Å². The summed E-state index contributed by atoms with van der Waals surface area (Å²) in [7, 11) is 0. The van der Waals surface area contributed by atoms with E-state index in [0.717, 1.165) is 42.8 Å². The first-order chi connectivity index (χ1) is 10.6. The van der Waals surface area contributed by atoms with Crippen LogP contribution in [0.5, 0.6) is 0 Å². The van der Waals surface area contributed by atoms with Crippen molar-refractivity contribution in [2.75, 3.05) is 19.6 Å². The summed E-state index contributed by atoms with van der Waals surface area (Å²) in [6.07, 6.45) is 1.13. The first kappa shape index (κ1) is 13.8. The van der Waals surface area contributed by atoms with Gasteiger partial charge in [0.1, 0.15) is 5.69 Å². The minimum Gasteiger partial charge on any atom is -0.350 e. The van der Waals surface area contributed by atoms with Crippen molar-refractivity contribution < 1.29 is 4.79 Å². The normalized spacial score (nSPS) is 24.2. The number of aromatic amines is 1. The number of amides is 1. The Morgan fingerprint density at radius 3 is 2.86 bits per heavy atom. The molecule has 0 radical (unpaired) electrons. The van der Waals surface area contributed by atoms with Gasteiger partial charge in [-0.05, 0) is 50.3 Å². The van der Waals surface area contributed by atoms with E-state index >= 15 is 0 Å². The predicted octanol–water partition coefficient (Wildman–Crippen LogP) is 2.53. The third-order valence-electron chi connectivity index (χ3n) is 5.43. The first-order valence-corrected chi connectivity index (χ1v) is 8.17. The third-order valence-corrected chi connectivity index (χ3v) is 5.43. The number of H-pyrrole nitrogens is 1. The summed E-state index contributed by atoms with van der Waals surface area (Å²) < 4.78 is 0. The second kappa shape index (κ2) is 4.85. The molecule has 1 aromatic carbocycles. The molecule has 2 aromatic rings. The van der Waals surface area contributed by atoms with Crippen LogP contribution in [-0.2, 0) is 0 Å². The summed E-state index contributed by atoms with van der Waals surface area (Å²) in [4.78, 5) is 18.5. The van der Waals surface area contributed by atoms with Crippen LogP contribution in [0.2, 0.25) is 0 Å². The van der Waals surface area contributed by atoms with Crippen molar-refractivity contribution in [2.24, 2.45) is 5.92 Å². The smallest absolute Gasteiger partial charge is 0.270 e. The van der Waals surface area contributed by atoms with Crippen molar-refractivity contribution in [3.8, 4) is 0 Å². The van der Waals surface area contributed by atoms with Crippen molar-refractivity contribution >= 4 is 16.8 Å². The maximum atomic E-state index is 13.0. The maximum Gasteiger partial charge on any atom is 0.270 e.